The third kappa shape index (κ3) is 4.08. The molecule has 0 aliphatic heterocycles. The van der Waals surface area contributed by atoms with Crippen molar-refractivity contribution >= 4 is 54.8 Å². The number of hydrogen-bond acceptors (Lipinski definition) is 5. The molecule has 1 heterocycles. The van der Waals surface area contributed by atoms with Crippen LogP contribution in [0, 0.1) is 11.3 Å². The van der Waals surface area contributed by atoms with Crippen LogP contribution < -0.4 is 4.72 Å². The Morgan fingerprint density at radius 3 is 2.73 bits per heavy atom. The highest BCUT2D eigenvalue weighted by atomic mass is 79.9. The lowest BCUT2D eigenvalue weighted by molar-refractivity contribution is -0.118. The van der Waals surface area contributed by atoms with Gasteiger partial charge in [-0.05, 0) is 35.2 Å². The summed E-state index contributed by atoms with van der Waals surface area (Å²) in [6.07, 6.45) is -0.138. The van der Waals surface area contributed by atoms with Crippen molar-refractivity contribution in [3.8, 4) is 6.07 Å². The zero-order valence-corrected chi connectivity index (χ0v) is 14.8. The van der Waals surface area contributed by atoms with Crippen molar-refractivity contribution in [1.29, 1.82) is 5.26 Å². The Bertz CT molecular complexity index is 872. The molecule has 9 heteroatoms. The SMILES string of the molecule is N#Cc1cc(Br)cc(S(=O)(=O)NC(=O)Cc2ccsc2Cl)c1. The number of nitriles is 1. The first-order valence-electron chi connectivity index (χ1n) is 5.80. The van der Waals surface area contributed by atoms with Crippen LogP contribution in [0.4, 0.5) is 0 Å². The molecule has 1 N–H and O–H groups in total. The Balaban J connectivity index is 2.21. The second kappa shape index (κ2) is 6.79. The summed E-state index contributed by atoms with van der Waals surface area (Å²) in [6.45, 7) is 0. The molecule has 0 bridgehead atoms. The van der Waals surface area contributed by atoms with E-state index in [1.807, 2.05) is 10.8 Å². The molecule has 0 radical (unpaired) electrons. The number of halogens is 2. The van der Waals surface area contributed by atoms with Gasteiger partial charge >= 0.3 is 0 Å². The summed E-state index contributed by atoms with van der Waals surface area (Å²) in [6, 6.07) is 7.50. The maximum atomic E-state index is 12.2. The van der Waals surface area contributed by atoms with Crippen LogP contribution in [-0.2, 0) is 21.2 Å². The lowest BCUT2D eigenvalue weighted by Crippen LogP contribution is -2.31. The van der Waals surface area contributed by atoms with Crippen molar-refractivity contribution < 1.29 is 13.2 Å². The van der Waals surface area contributed by atoms with E-state index in [1.165, 1.54) is 29.5 Å². The first-order valence-corrected chi connectivity index (χ1v) is 9.33. The smallest absolute Gasteiger partial charge is 0.264 e. The molecule has 2 rings (SSSR count). The molecule has 0 aliphatic rings. The second-order valence-corrected chi connectivity index (χ2v) is 8.33. The Hall–Kier alpha value is -1.40. The summed E-state index contributed by atoms with van der Waals surface area (Å²) < 4.78 is 27.2. The number of nitrogens with one attached hydrogen (secondary N) is 1. The topological polar surface area (TPSA) is 87.0 Å². The summed E-state index contributed by atoms with van der Waals surface area (Å²) in [4.78, 5) is 11.7. The van der Waals surface area contributed by atoms with Gasteiger partial charge < -0.3 is 0 Å². The minimum Gasteiger partial charge on any atom is -0.274 e. The number of nitrogens with zero attached hydrogens (tertiary/aromatic N) is 1. The third-order valence-electron chi connectivity index (χ3n) is 2.60. The first kappa shape index (κ1) is 17.0. The highest BCUT2D eigenvalue weighted by Crippen LogP contribution is 2.23. The van der Waals surface area contributed by atoms with Gasteiger partial charge in [0.1, 0.15) is 0 Å². The van der Waals surface area contributed by atoms with Crippen molar-refractivity contribution in [3.63, 3.8) is 0 Å². The average Bonchev–Trinajstić information content (AvgIpc) is 2.82. The molecule has 2 aromatic rings. The lowest BCUT2D eigenvalue weighted by atomic mass is 10.2. The Labute approximate surface area is 144 Å². The second-order valence-electron chi connectivity index (χ2n) is 4.21. The van der Waals surface area contributed by atoms with Crippen LogP contribution >= 0.6 is 38.9 Å². The van der Waals surface area contributed by atoms with E-state index in [2.05, 4.69) is 15.9 Å². The summed E-state index contributed by atoms with van der Waals surface area (Å²) in [5.74, 6) is -0.696. The minimum absolute atomic E-state index is 0.138. The van der Waals surface area contributed by atoms with Crippen molar-refractivity contribution in [2.45, 2.75) is 11.3 Å². The number of rotatable bonds is 4. The van der Waals surface area contributed by atoms with Gasteiger partial charge in [-0.2, -0.15) is 5.26 Å². The van der Waals surface area contributed by atoms with Crippen molar-refractivity contribution in [1.82, 2.24) is 4.72 Å². The van der Waals surface area contributed by atoms with E-state index in [4.69, 9.17) is 16.9 Å². The molecule has 1 aromatic carbocycles. The molecule has 22 heavy (non-hydrogen) atoms. The normalized spacial score (nSPS) is 11.0. The Kier molecular flexibility index (Phi) is 5.24. The van der Waals surface area contributed by atoms with E-state index < -0.39 is 15.9 Å². The zero-order chi connectivity index (χ0) is 16.3. The third-order valence-corrected chi connectivity index (χ3v) is 5.66. The van der Waals surface area contributed by atoms with Crippen LogP contribution in [0.5, 0.6) is 0 Å². The summed E-state index contributed by atoms with van der Waals surface area (Å²) in [7, 11) is -4.05. The number of carbonyl (C=O) groups is 1. The maximum absolute atomic E-state index is 12.2. The number of benzene rings is 1. The van der Waals surface area contributed by atoms with Gasteiger partial charge in [-0.3, -0.25) is 4.79 Å². The molecule has 0 atom stereocenters. The van der Waals surface area contributed by atoms with E-state index in [0.29, 0.717) is 14.4 Å². The van der Waals surface area contributed by atoms with Crippen LogP contribution in [0.25, 0.3) is 0 Å². The molecular weight excluding hydrogens is 412 g/mol. The molecule has 0 saturated carbocycles. The van der Waals surface area contributed by atoms with Crippen molar-refractivity contribution in [2.75, 3.05) is 0 Å². The number of hydrogen-bond donors (Lipinski definition) is 1. The predicted octanol–water partition coefficient (Wildman–Crippen LogP) is 3.08. The van der Waals surface area contributed by atoms with Crippen LogP contribution in [0.3, 0.4) is 0 Å². The molecule has 0 fully saturated rings. The molecule has 5 nitrogen and oxygen atoms in total. The molecule has 0 aliphatic carbocycles. The van der Waals surface area contributed by atoms with Crippen molar-refractivity contribution in [3.05, 3.63) is 49.6 Å². The molecule has 1 aromatic heterocycles. The fourth-order valence-corrected chi connectivity index (χ4v) is 4.27. The van der Waals surface area contributed by atoms with E-state index in [-0.39, 0.29) is 16.9 Å². The minimum atomic E-state index is -4.05. The van der Waals surface area contributed by atoms with Crippen LogP contribution in [0.1, 0.15) is 11.1 Å². The van der Waals surface area contributed by atoms with Gasteiger partial charge in [0.15, 0.2) is 0 Å². The van der Waals surface area contributed by atoms with Gasteiger partial charge in [-0.15, -0.1) is 11.3 Å². The lowest BCUT2D eigenvalue weighted by Gasteiger charge is -2.07. The summed E-state index contributed by atoms with van der Waals surface area (Å²) in [5, 5.41) is 10.6. The predicted molar refractivity (Wildman–Crippen MR) is 87.2 cm³/mol. The standard InChI is InChI=1S/C13H8BrClN2O3S2/c14-10-3-8(7-16)4-11(6-10)22(19,20)17-12(18)5-9-1-2-21-13(9)15/h1-4,6H,5H2,(H,17,18). The molecule has 0 unspecified atom stereocenters. The quantitative estimate of drug-likeness (QED) is 0.825. The van der Waals surface area contributed by atoms with Gasteiger partial charge in [0, 0.05) is 4.47 Å². The van der Waals surface area contributed by atoms with E-state index in [1.54, 1.807) is 11.4 Å². The fraction of sp³-hybridized carbons (Fsp3) is 0.0769. The molecule has 114 valence electrons. The van der Waals surface area contributed by atoms with Gasteiger partial charge in [-0.25, -0.2) is 13.1 Å². The maximum Gasteiger partial charge on any atom is 0.264 e. The van der Waals surface area contributed by atoms with Gasteiger partial charge in [0.25, 0.3) is 10.0 Å². The summed E-state index contributed by atoms with van der Waals surface area (Å²) in [5.41, 5.74) is 0.731. The van der Waals surface area contributed by atoms with E-state index >= 15 is 0 Å². The molecule has 0 spiro atoms. The van der Waals surface area contributed by atoms with Gasteiger partial charge in [0.05, 0.1) is 27.3 Å². The number of amides is 1. The fourth-order valence-electron chi connectivity index (χ4n) is 1.65. The van der Waals surface area contributed by atoms with Crippen LogP contribution in [0.15, 0.2) is 39.0 Å². The summed E-state index contributed by atoms with van der Waals surface area (Å²) >= 11 is 10.3. The van der Waals surface area contributed by atoms with E-state index in [0.717, 1.165) is 0 Å². The van der Waals surface area contributed by atoms with E-state index in [9.17, 15) is 13.2 Å². The molecule has 0 saturated heterocycles. The van der Waals surface area contributed by atoms with Gasteiger partial charge in [-0.1, -0.05) is 27.5 Å². The molecular formula is C13H8BrClN2O3S2. The monoisotopic (exact) mass is 418 g/mol. The zero-order valence-electron chi connectivity index (χ0n) is 10.8. The number of carbonyl (C=O) groups excluding carboxylic acids is 1. The number of thiophene rings is 1. The van der Waals surface area contributed by atoms with Crippen LogP contribution in [0.2, 0.25) is 4.34 Å². The highest BCUT2D eigenvalue weighted by molar-refractivity contribution is 9.10. The first-order chi connectivity index (χ1) is 10.3. The average molecular weight is 420 g/mol. The Morgan fingerprint density at radius 2 is 2.14 bits per heavy atom. The largest absolute Gasteiger partial charge is 0.274 e. The number of sulfonamides is 1. The Morgan fingerprint density at radius 1 is 1.41 bits per heavy atom. The van der Waals surface area contributed by atoms with Crippen LogP contribution in [-0.4, -0.2) is 14.3 Å². The molecule has 1 amide bonds. The van der Waals surface area contributed by atoms with Gasteiger partial charge in [0.2, 0.25) is 5.91 Å². The van der Waals surface area contributed by atoms with Crippen molar-refractivity contribution in [2.24, 2.45) is 0 Å². The highest BCUT2D eigenvalue weighted by Gasteiger charge is 2.20.